The van der Waals surface area contributed by atoms with E-state index in [4.69, 9.17) is 0 Å². The Balaban J connectivity index is 0.00000141. The third-order valence-corrected chi connectivity index (χ3v) is 6.17. The van der Waals surface area contributed by atoms with E-state index in [0.29, 0.717) is 6.04 Å². The molecule has 0 spiro atoms. The molecule has 5 rings (SSSR count). The van der Waals surface area contributed by atoms with Crippen LogP contribution in [0.3, 0.4) is 0 Å². The number of benzene rings is 1. The van der Waals surface area contributed by atoms with E-state index in [2.05, 4.69) is 71.6 Å². The average Bonchev–Trinajstić information content (AvgIpc) is 3.54. The molecule has 1 aliphatic rings. The van der Waals surface area contributed by atoms with E-state index >= 15 is 0 Å². The molecule has 0 radical (unpaired) electrons. The summed E-state index contributed by atoms with van der Waals surface area (Å²) < 4.78 is 2.06. The molecule has 182 valence electrons. The van der Waals surface area contributed by atoms with Crippen LogP contribution >= 0.6 is 0 Å². The van der Waals surface area contributed by atoms with Gasteiger partial charge in [-0.25, -0.2) is 4.98 Å². The van der Waals surface area contributed by atoms with Crippen LogP contribution in [0.4, 0.5) is 11.4 Å². The van der Waals surface area contributed by atoms with Crippen LogP contribution in [0, 0.1) is 6.92 Å². The number of anilines is 1. The predicted octanol–water partition coefficient (Wildman–Crippen LogP) is 6.48. The van der Waals surface area contributed by atoms with Gasteiger partial charge in [-0.1, -0.05) is 26.5 Å². The van der Waals surface area contributed by atoms with Crippen molar-refractivity contribution in [2.24, 2.45) is 10.2 Å². The number of H-pyrrole nitrogens is 1. The molecule has 1 aliphatic heterocycles. The SMILES string of the molecule is C=C(Nc1cnn(C2CCNCC2)c1)c1cnc2[nH]cc(-c3ccc(N=NC)c(C)c3)c2c1.CC. The third-order valence-electron chi connectivity index (χ3n) is 6.17. The maximum absolute atomic E-state index is 4.62. The van der Waals surface area contributed by atoms with Crippen molar-refractivity contribution in [1.29, 1.82) is 0 Å². The lowest BCUT2D eigenvalue weighted by Crippen LogP contribution is -2.29. The molecule has 0 aliphatic carbocycles. The zero-order valence-corrected chi connectivity index (χ0v) is 21.0. The molecule has 8 nitrogen and oxygen atoms in total. The van der Waals surface area contributed by atoms with Crippen LogP contribution in [0.5, 0.6) is 0 Å². The standard InChI is InChI=1S/C25H28N8.C2H6/c1-16-10-18(4-5-24(16)32-26-3)23-14-29-25-22(23)11-19(12-28-25)17(2)31-20-13-30-33(15-20)21-6-8-27-9-7-21;1-2/h4-5,10-15,21,27,31H,2,6-9H2,1,3H3,(H,28,29);1-2H3. The van der Waals surface area contributed by atoms with Crippen molar-refractivity contribution in [2.75, 3.05) is 25.5 Å². The van der Waals surface area contributed by atoms with Crippen molar-refractivity contribution in [2.45, 2.75) is 39.7 Å². The van der Waals surface area contributed by atoms with E-state index in [1.165, 1.54) is 0 Å². The molecule has 0 bridgehead atoms. The van der Waals surface area contributed by atoms with E-state index in [1.54, 1.807) is 7.05 Å². The second-order valence-electron chi connectivity index (χ2n) is 8.42. The molecule has 3 N–H and O–H groups in total. The Bertz CT molecular complexity index is 1320. The number of pyridine rings is 1. The third kappa shape index (κ3) is 5.33. The molecule has 3 aromatic heterocycles. The first-order chi connectivity index (χ1) is 17.1. The quantitative estimate of drug-likeness (QED) is 0.281. The van der Waals surface area contributed by atoms with E-state index in [9.17, 15) is 0 Å². The number of aromatic nitrogens is 4. The number of nitrogens with zero attached hydrogens (tertiary/aromatic N) is 5. The fourth-order valence-electron chi connectivity index (χ4n) is 4.37. The predicted molar refractivity (Wildman–Crippen MR) is 144 cm³/mol. The summed E-state index contributed by atoms with van der Waals surface area (Å²) in [4.78, 5) is 7.90. The number of piperidine rings is 1. The summed E-state index contributed by atoms with van der Waals surface area (Å²) in [5.74, 6) is 0. The highest BCUT2D eigenvalue weighted by molar-refractivity contribution is 5.96. The zero-order valence-electron chi connectivity index (χ0n) is 21.0. The van der Waals surface area contributed by atoms with Crippen molar-refractivity contribution < 1.29 is 0 Å². The molecular formula is C27H34N8. The van der Waals surface area contributed by atoms with Crippen molar-refractivity contribution in [1.82, 2.24) is 25.1 Å². The second-order valence-corrected chi connectivity index (χ2v) is 8.42. The van der Waals surface area contributed by atoms with Gasteiger partial charge in [0.15, 0.2) is 0 Å². The summed E-state index contributed by atoms with van der Waals surface area (Å²) in [5, 5.41) is 20.5. The summed E-state index contributed by atoms with van der Waals surface area (Å²) >= 11 is 0. The van der Waals surface area contributed by atoms with E-state index in [1.807, 2.05) is 45.4 Å². The molecule has 0 atom stereocenters. The highest BCUT2D eigenvalue weighted by Gasteiger charge is 2.16. The van der Waals surface area contributed by atoms with Gasteiger partial charge in [-0.2, -0.15) is 15.3 Å². The summed E-state index contributed by atoms with van der Waals surface area (Å²) in [5.41, 5.74) is 7.65. The molecule has 4 heterocycles. The minimum atomic E-state index is 0.448. The van der Waals surface area contributed by atoms with E-state index in [0.717, 1.165) is 76.3 Å². The number of azo groups is 1. The van der Waals surface area contributed by atoms with Crippen LogP contribution < -0.4 is 10.6 Å². The number of hydrogen-bond acceptors (Lipinski definition) is 6. The summed E-state index contributed by atoms with van der Waals surface area (Å²) in [6.07, 6.45) is 9.95. The van der Waals surface area contributed by atoms with Crippen LogP contribution in [-0.4, -0.2) is 39.9 Å². The monoisotopic (exact) mass is 470 g/mol. The Hall–Kier alpha value is -3.78. The van der Waals surface area contributed by atoms with Crippen LogP contribution in [0.1, 0.15) is 43.9 Å². The number of rotatable bonds is 6. The lowest BCUT2D eigenvalue weighted by atomic mass is 10.0. The molecule has 8 heteroatoms. The highest BCUT2D eigenvalue weighted by Crippen LogP contribution is 2.32. The Labute approximate surface area is 206 Å². The van der Waals surface area contributed by atoms with Crippen LogP contribution in [0.2, 0.25) is 0 Å². The second kappa shape index (κ2) is 11.1. The van der Waals surface area contributed by atoms with Crippen molar-refractivity contribution in [3.05, 3.63) is 66.8 Å². The van der Waals surface area contributed by atoms with Crippen molar-refractivity contribution in [3.8, 4) is 11.1 Å². The Morgan fingerprint density at radius 3 is 2.71 bits per heavy atom. The average molecular weight is 471 g/mol. The smallest absolute Gasteiger partial charge is 0.137 e. The Morgan fingerprint density at radius 1 is 1.17 bits per heavy atom. The van der Waals surface area contributed by atoms with Crippen LogP contribution in [0.25, 0.3) is 27.9 Å². The van der Waals surface area contributed by atoms with Crippen molar-refractivity contribution >= 4 is 28.1 Å². The number of aromatic amines is 1. The van der Waals surface area contributed by atoms with Crippen LogP contribution in [0.15, 0.2) is 65.9 Å². The van der Waals surface area contributed by atoms with Gasteiger partial charge in [-0.3, -0.25) is 4.68 Å². The molecule has 0 saturated carbocycles. The van der Waals surface area contributed by atoms with Gasteiger partial charge in [0, 0.05) is 47.8 Å². The number of fused-ring (bicyclic) bond motifs is 1. The van der Waals surface area contributed by atoms with Crippen LogP contribution in [-0.2, 0) is 0 Å². The maximum atomic E-state index is 4.62. The minimum Gasteiger partial charge on any atom is -0.353 e. The lowest BCUT2D eigenvalue weighted by molar-refractivity contribution is 0.343. The maximum Gasteiger partial charge on any atom is 0.137 e. The zero-order chi connectivity index (χ0) is 24.8. The summed E-state index contributed by atoms with van der Waals surface area (Å²) in [6, 6.07) is 8.75. The summed E-state index contributed by atoms with van der Waals surface area (Å²) in [6.45, 7) is 12.4. The number of hydrogen-bond donors (Lipinski definition) is 3. The van der Waals surface area contributed by atoms with Crippen molar-refractivity contribution in [3.63, 3.8) is 0 Å². The van der Waals surface area contributed by atoms with Gasteiger partial charge in [0.05, 0.1) is 23.6 Å². The highest BCUT2D eigenvalue weighted by atomic mass is 15.3. The Kier molecular flexibility index (Phi) is 7.72. The van der Waals surface area contributed by atoms with Gasteiger partial charge in [-0.15, -0.1) is 0 Å². The molecular weight excluding hydrogens is 436 g/mol. The molecule has 1 aromatic carbocycles. The molecule has 1 fully saturated rings. The van der Waals surface area contributed by atoms with Gasteiger partial charge in [-0.05, 0) is 62.2 Å². The molecule has 0 unspecified atom stereocenters. The van der Waals surface area contributed by atoms with E-state index in [-0.39, 0.29) is 0 Å². The first-order valence-corrected chi connectivity index (χ1v) is 12.2. The molecule has 4 aromatic rings. The first-order valence-electron chi connectivity index (χ1n) is 12.2. The van der Waals surface area contributed by atoms with E-state index < -0.39 is 0 Å². The molecule has 0 amide bonds. The number of nitrogens with one attached hydrogen (secondary N) is 3. The van der Waals surface area contributed by atoms with Gasteiger partial charge >= 0.3 is 0 Å². The normalized spacial score (nSPS) is 14.2. The van der Waals surface area contributed by atoms with Gasteiger partial charge in [0.2, 0.25) is 0 Å². The lowest BCUT2D eigenvalue weighted by Gasteiger charge is -2.22. The van der Waals surface area contributed by atoms with Gasteiger partial charge < -0.3 is 15.6 Å². The molecule has 1 saturated heterocycles. The van der Waals surface area contributed by atoms with Gasteiger partial charge in [0.25, 0.3) is 0 Å². The first kappa shape index (κ1) is 24.3. The summed E-state index contributed by atoms with van der Waals surface area (Å²) in [7, 11) is 1.68. The Morgan fingerprint density at radius 2 is 1.97 bits per heavy atom. The largest absolute Gasteiger partial charge is 0.353 e. The minimum absolute atomic E-state index is 0.448. The topological polar surface area (TPSA) is 95.3 Å². The molecule has 35 heavy (non-hydrogen) atoms. The number of aryl methyl sites for hydroxylation is 1. The fraction of sp³-hybridized carbons (Fsp3) is 0.333. The van der Waals surface area contributed by atoms with Gasteiger partial charge in [0.1, 0.15) is 5.65 Å². The fourth-order valence-corrected chi connectivity index (χ4v) is 4.37.